The smallest absolute Gasteiger partial charge is 0.386 e. The number of ether oxygens (including phenoxy) is 3. The molecule has 4 aromatic carbocycles. The molecule has 0 atom stereocenters. The number of fused-ring (bicyclic) bond motifs is 6. The lowest BCUT2D eigenvalue weighted by molar-refractivity contribution is -0.187. The molecule has 210 valence electrons. The van der Waals surface area contributed by atoms with Crippen molar-refractivity contribution in [1.29, 1.82) is 0 Å². The Kier molecular flexibility index (Phi) is 8.53. The maximum atomic E-state index is 13.2. The van der Waals surface area contributed by atoms with Crippen LogP contribution < -0.4 is 14.2 Å². The van der Waals surface area contributed by atoms with Crippen molar-refractivity contribution in [1.82, 2.24) is 0 Å². The molecule has 0 saturated carbocycles. The van der Waals surface area contributed by atoms with Crippen molar-refractivity contribution in [2.24, 2.45) is 0 Å². The number of rotatable bonds is 11. The van der Waals surface area contributed by atoms with Gasteiger partial charge >= 0.3 is 11.9 Å². The van der Waals surface area contributed by atoms with Gasteiger partial charge in [-0.05, 0) is 103 Å². The van der Waals surface area contributed by atoms with E-state index in [2.05, 4.69) is 6.92 Å². The molecule has 0 saturated heterocycles. The summed E-state index contributed by atoms with van der Waals surface area (Å²) in [7, 11) is 0. The topological polar surface area (TPSA) is 80.3 Å². The molecule has 0 unspecified atom stereocenters. The van der Waals surface area contributed by atoms with Crippen molar-refractivity contribution in [2.75, 3.05) is 13.2 Å². The third-order valence-corrected chi connectivity index (χ3v) is 6.82. The summed E-state index contributed by atoms with van der Waals surface area (Å²) in [5.74, 6) is 0.475. The maximum Gasteiger partial charge on any atom is 0.386 e. The van der Waals surface area contributed by atoms with Crippen molar-refractivity contribution < 1.29 is 33.6 Å². The molecule has 0 aliphatic heterocycles. The molecule has 0 aromatic heterocycles. The fraction of sp³-hybridized carbons (Fsp3) is 0.235. The molecule has 0 amide bonds. The minimum Gasteiger partial charge on any atom is -0.494 e. The summed E-state index contributed by atoms with van der Waals surface area (Å²) in [4.78, 5) is 35.6. The van der Waals surface area contributed by atoms with E-state index in [-0.39, 0.29) is 11.1 Å². The van der Waals surface area contributed by atoms with Crippen LogP contribution in [0, 0.1) is 0 Å². The van der Waals surface area contributed by atoms with E-state index in [1.165, 1.54) is 0 Å². The zero-order chi connectivity index (χ0) is 28.8. The average Bonchev–Trinajstić information content (AvgIpc) is 2.98. The second-order valence-corrected chi connectivity index (χ2v) is 9.50. The number of hydrogen-bond acceptors (Lipinski definition) is 7. The van der Waals surface area contributed by atoms with Crippen LogP contribution in [0.2, 0.25) is 0 Å². The summed E-state index contributed by atoms with van der Waals surface area (Å²) in [6, 6.07) is 19.7. The van der Waals surface area contributed by atoms with Crippen LogP contribution in [-0.2, 0) is 9.78 Å². The largest absolute Gasteiger partial charge is 0.494 e. The van der Waals surface area contributed by atoms with Gasteiger partial charge in [0.15, 0.2) is 0 Å². The fourth-order valence-electron chi connectivity index (χ4n) is 4.89. The Morgan fingerprint density at radius 1 is 0.732 bits per heavy atom. The first-order valence-electron chi connectivity index (χ1n) is 13.9. The van der Waals surface area contributed by atoms with Crippen LogP contribution in [0.1, 0.15) is 60.7 Å². The molecule has 4 aromatic rings. The van der Waals surface area contributed by atoms with Crippen LogP contribution in [0.25, 0.3) is 33.0 Å². The summed E-state index contributed by atoms with van der Waals surface area (Å²) in [6.45, 7) is 6.93. The Morgan fingerprint density at radius 3 is 2.24 bits per heavy atom. The van der Waals surface area contributed by atoms with Gasteiger partial charge in [0.25, 0.3) is 0 Å². The summed E-state index contributed by atoms with van der Waals surface area (Å²) < 4.78 is 17.1. The first kappa shape index (κ1) is 27.8. The quantitative estimate of drug-likeness (QED) is 0.0706. The number of hydrogen-bond donors (Lipinski definition) is 0. The summed E-state index contributed by atoms with van der Waals surface area (Å²) in [5.41, 5.74) is 3.93. The fourth-order valence-corrected chi connectivity index (χ4v) is 4.89. The summed E-state index contributed by atoms with van der Waals surface area (Å²) in [5, 5.41) is 1.93. The first-order chi connectivity index (χ1) is 20.0. The Labute approximate surface area is 239 Å². The highest BCUT2D eigenvalue weighted by atomic mass is 17.2. The predicted molar refractivity (Wildman–Crippen MR) is 157 cm³/mol. The normalized spacial score (nSPS) is 11.4. The van der Waals surface area contributed by atoms with Gasteiger partial charge in [-0.15, -0.1) is 0 Å². The molecule has 0 N–H and O–H groups in total. The highest BCUT2D eigenvalue weighted by molar-refractivity contribution is 6.21. The van der Waals surface area contributed by atoms with Crippen LogP contribution in [0.3, 0.4) is 0 Å². The number of allylic oxidation sites excluding steroid dienone is 1. The highest BCUT2D eigenvalue weighted by Crippen LogP contribution is 2.56. The minimum absolute atomic E-state index is 0.232. The van der Waals surface area contributed by atoms with E-state index in [0.717, 1.165) is 52.5 Å². The number of unbranched alkanes of at least 4 members (excludes halogenated alkanes) is 2. The van der Waals surface area contributed by atoms with Crippen LogP contribution >= 0.6 is 0 Å². The highest BCUT2D eigenvalue weighted by Gasteiger charge is 2.34. The van der Waals surface area contributed by atoms with E-state index in [1.54, 1.807) is 42.7 Å². The number of carbonyl (C=O) groups excluding carboxylic acids is 2. The second kappa shape index (κ2) is 12.6. The molecule has 0 radical (unpaired) electrons. The van der Waals surface area contributed by atoms with Gasteiger partial charge in [-0.25, -0.2) is 19.4 Å². The second-order valence-electron chi connectivity index (χ2n) is 9.50. The third kappa shape index (κ3) is 5.75. The van der Waals surface area contributed by atoms with Crippen LogP contribution in [0.4, 0.5) is 0 Å². The van der Waals surface area contributed by atoms with Crippen LogP contribution in [0.5, 0.6) is 17.2 Å². The maximum absolute atomic E-state index is 13.2. The molecular weight excluding hydrogens is 520 g/mol. The first-order valence-corrected chi connectivity index (χ1v) is 13.9. The number of carbonyl (C=O) groups is 2. The Balaban J connectivity index is 1.40. The van der Waals surface area contributed by atoms with Gasteiger partial charge in [0.05, 0.1) is 30.6 Å². The molecule has 7 heteroatoms. The van der Waals surface area contributed by atoms with Crippen molar-refractivity contribution in [3.8, 4) is 39.5 Å². The van der Waals surface area contributed by atoms with Gasteiger partial charge in [-0.2, -0.15) is 0 Å². The zero-order valence-electron chi connectivity index (χ0n) is 23.4. The Hall–Kier alpha value is -4.78. The summed E-state index contributed by atoms with van der Waals surface area (Å²) >= 11 is 0. The average molecular weight is 553 g/mol. The molecule has 1 aliphatic carbocycles. The number of benzene rings is 4. The lowest BCUT2D eigenvalue weighted by atomic mass is 9.75. The van der Waals surface area contributed by atoms with Gasteiger partial charge in [0, 0.05) is 11.1 Å². The lowest BCUT2D eigenvalue weighted by Crippen LogP contribution is -2.15. The molecule has 1 aliphatic rings. The Bertz CT molecular complexity index is 1600. The van der Waals surface area contributed by atoms with Gasteiger partial charge in [-0.1, -0.05) is 31.5 Å². The lowest BCUT2D eigenvalue weighted by Gasteiger charge is -2.29. The van der Waals surface area contributed by atoms with Crippen LogP contribution in [0.15, 0.2) is 79.1 Å². The van der Waals surface area contributed by atoms with Crippen molar-refractivity contribution >= 4 is 22.7 Å². The molecule has 41 heavy (non-hydrogen) atoms. The predicted octanol–water partition coefficient (Wildman–Crippen LogP) is 8.30. The van der Waals surface area contributed by atoms with Gasteiger partial charge in [0.2, 0.25) is 0 Å². The summed E-state index contributed by atoms with van der Waals surface area (Å²) in [6.07, 6.45) is 6.99. The van der Waals surface area contributed by atoms with Gasteiger partial charge in [-0.3, -0.25) is 0 Å². The van der Waals surface area contributed by atoms with Crippen molar-refractivity contribution in [3.63, 3.8) is 0 Å². The van der Waals surface area contributed by atoms with E-state index >= 15 is 0 Å². The molecule has 0 bridgehead atoms. The standard InChI is InChI=1S/C34H32O7/c1-4-7-8-9-20-39-25-15-17-26-23(21-25)12-16-27-30(26)32-28(18-19-29(31(27)32)38-6-3)34(36)41-40-33(35)22-10-13-24(14-11-22)37-5-2/h9-21H,4-8H2,1-3H3/b20-9+. The van der Waals surface area contributed by atoms with E-state index in [4.69, 9.17) is 24.0 Å². The molecule has 0 fully saturated rings. The SMILES string of the molecule is CCCC/C=C/Oc1ccc2c3c(ccc2c1)-c1c(OCC)ccc(C(=O)OOC(=O)c2ccc(OCC)cc2)c1-3. The van der Waals surface area contributed by atoms with Gasteiger partial charge < -0.3 is 14.2 Å². The minimum atomic E-state index is -0.784. The van der Waals surface area contributed by atoms with Crippen LogP contribution in [-0.4, -0.2) is 25.2 Å². The monoisotopic (exact) mass is 552 g/mol. The zero-order valence-corrected chi connectivity index (χ0v) is 23.4. The van der Waals surface area contributed by atoms with E-state index in [9.17, 15) is 9.59 Å². The molecular formula is C34H32O7. The molecule has 0 heterocycles. The molecule has 5 rings (SSSR count). The van der Waals surface area contributed by atoms with E-state index in [0.29, 0.717) is 30.3 Å². The van der Waals surface area contributed by atoms with E-state index in [1.807, 2.05) is 50.3 Å². The third-order valence-electron chi connectivity index (χ3n) is 6.82. The Morgan fingerprint density at radius 2 is 1.49 bits per heavy atom. The van der Waals surface area contributed by atoms with E-state index < -0.39 is 11.9 Å². The van der Waals surface area contributed by atoms with Crippen molar-refractivity contribution in [2.45, 2.75) is 40.0 Å². The van der Waals surface area contributed by atoms with Gasteiger partial charge in [0.1, 0.15) is 17.2 Å². The molecule has 0 spiro atoms. The molecule has 7 nitrogen and oxygen atoms in total. The van der Waals surface area contributed by atoms with Crippen molar-refractivity contribution in [3.05, 3.63) is 90.2 Å².